The van der Waals surface area contributed by atoms with Gasteiger partial charge in [-0.15, -0.1) is 0 Å². The third-order valence-electron chi connectivity index (χ3n) is 3.53. The van der Waals surface area contributed by atoms with Crippen molar-refractivity contribution in [3.63, 3.8) is 0 Å². The van der Waals surface area contributed by atoms with Gasteiger partial charge >= 0.3 is 5.97 Å². The molecule has 0 aliphatic carbocycles. The predicted octanol–water partition coefficient (Wildman–Crippen LogP) is 3.26. The maximum Gasteiger partial charge on any atom is 0.344 e. The number of benzene rings is 2. The molecule has 0 aliphatic heterocycles. The van der Waals surface area contributed by atoms with Crippen LogP contribution in [-0.2, 0) is 14.3 Å². The maximum absolute atomic E-state index is 13.5. The highest BCUT2D eigenvalue weighted by Gasteiger charge is 2.16. The molecule has 148 valence electrons. The largest absolute Gasteiger partial charge is 0.482 e. The van der Waals surface area contributed by atoms with Gasteiger partial charge in [0.1, 0.15) is 5.75 Å². The zero-order valence-electron chi connectivity index (χ0n) is 14.8. The van der Waals surface area contributed by atoms with Crippen molar-refractivity contribution in [2.45, 2.75) is 13.3 Å². The van der Waals surface area contributed by atoms with E-state index < -0.39 is 48.2 Å². The van der Waals surface area contributed by atoms with Crippen LogP contribution in [0.15, 0.2) is 36.4 Å². The van der Waals surface area contributed by atoms with E-state index >= 15 is 0 Å². The maximum atomic E-state index is 13.5. The summed E-state index contributed by atoms with van der Waals surface area (Å²) in [4.78, 5) is 34.7. The highest BCUT2D eigenvalue weighted by Crippen LogP contribution is 2.19. The Hall–Kier alpha value is -3.36. The number of carbonyl (C=O) groups is 3. The number of rotatable bonds is 8. The molecule has 28 heavy (non-hydrogen) atoms. The van der Waals surface area contributed by atoms with E-state index in [4.69, 9.17) is 4.74 Å². The average Bonchev–Trinajstić information content (AvgIpc) is 2.71. The van der Waals surface area contributed by atoms with E-state index in [9.17, 15) is 27.6 Å². The number of esters is 1. The molecule has 0 saturated carbocycles. The van der Waals surface area contributed by atoms with Crippen LogP contribution >= 0.6 is 0 Å². The van der Waals surface area contributed by atoms with Crippen LogP contribution in [0.4, 0.5) is 18.9 Å². The molecule has 0 bridgehead atoms. The minimum atomic E-state index is -1.73. The lowest BCUT2D eigenvalue weighted by Crippen LogP contribution is -2.24. The van der Waals surface area contributed by atoms with Gasteiger partial charge < -0.3 is 14.8 Å². The summed E-state index contributed by atoms with van der Waals surface area (Å²) in [5.74, 6) is -6.23. The van der Waals surface area contributed by atoms with Crippen molar-refractivity contribution in [3.8, 4) is 5.75 Å². The van der Waals surface area contributed by atoms with Crippen molar-refractivity contribution in [1.29, 1.82) is 0 Å². The van der Waals surface area contributed by atoms with E-state index in [1.807, 2.05) is 5.32 Å². The van der Waals surface area contributed by atoms with E-state index in [0.717, 1.165) is 6.07 Å². The molecule has 1 amide bonds. The van der Waals surface area contributed by atoms with Crippen molar-refractivity contribution in [2.24, 2.45) is 0 Å². The zero-order chi connectivity index (χ0) is 20.7. The van der Waals surface area contributed by atoms with Gasteiger partial charge in [-0.3, -0.25) is 9.59 Å². The molecule has 0 saturated heterocycles. The van der Waals surface area contributed by atoms with Gasteiger partial charge in [-0.1, -0.05) is 6.92 Å². The summed E-state index contributed by atoms with van der Waals surface area (Å²) in [5, 5.41) is 1.96. The van der Waals surface area contributed by atoms with E-state index in [0.29, 0.717) is 23.8 Å². The smallest absolute Gasteiger partial charge is 0.344 e. The Morgan fingerprint density at radius 3 is 2.25 bits per heavy atom. The number of anilines is 1. The lowest BCUT2D eigenvalue weighted by atomic mass is 10.1. The van der Waals surface area contributed by atoms with Gasteiger partial charge in [-0.25, -0.2) is 18.0 Å². The minimum Gasteiger partial charge on any atom is -0.482 e. The number of amides is 1. The van der Waals surface area contributed by atoms with E-state index in [1.165, 1.54) is 12.1 Å². The summed E-state index contributed by atoms with van der Waals surface area (Å²) in [6.45, 7) is 0.457. The molecule has 0 aromatic heterocycles. The number of ether oxygens (including phenoxy) is 2. The number of ketones is 1. The molecule has 2 aromatic carbocycles. The van der Waals surface area contributed by atoms with Crippen LogP contribution in [0.2, 0.25) is 0 Å². The first-order chi connectivity index (χ1) is 13.3. The Labute approximate surface area is 158 Å². The second-order valence-electron chi connectivity index (χ2n) is 5.52. The molecule has 9 heteroatoms. The van der Waals surface area contributed by atoms with Crippen molar-refractivity contribution < 1.29 is 37.0 Å². The fourth-order valence-electron chi connectivity index (χ4n) is 2.08. The molecule has 2 rings (SSSR count). The summed E-state index contributed by atoms with van der Waals surface area (Å²) in [7, 11) is 0. The number of hydrogen-bond donors (Lipinski definition) is 1. The Bertz CT molecular complexity index is 884. The Balaban J connectivity index is 1.78. The van der Waals surface area contributed by atoms with E-state index in [2.05, 4.69) is 4.74 Å². The molecule has 0 aliphatic rings. The van der Waals surface area contributed by atoms with Gasteiger partial charge in [0.2, 0.25) is 0 Å². The van der Waals surface area contributed by atoms with Gasteiger partial charge in [0, 0.05) is 12.0 Å². The first kappa shape index (κ1) is 20.9. The first-order valence-corrected chi connectivity index (χ1v) is 8.16. The van der Waals surface area contributed by atoms with E-state index in [1.54, 1.807) is 19.1 Å². The molecule has 2 aromatic rings. The number of hydrogen-bond acceptors (Lipinski definition) is 5. The molecule has 0 fully saturated rings. The SMILES string of the molecule is CCC(=O)c1ccc(OCC(=O)OCC(=O)Nc2ccc(F)c(F)c2F)cc1. The molecule has 0 radical (unpaired) electrons. The fourth-order valence-corrected chi connectivity index (χ4v) is 2.08. The van der Waals surface area contributed by atoms with Crippen LogP contribution in [0.3, 0.4) is 0 Å². The molecular weight excluding hydrogens is 379 g/mol. The van der Waals surface area contributed by atoms with Crippen molar-refractivity contribution in [1.82, 2.24) is 0 Å². The van der Waals surface area contributed by atoms with Gasteiger partial charge in [0.05, 0.1) is 5.69 Å². The summed E-state index contributed by atoms with van der Waals surface area (Å²) in [6, 6.07) is 7.60. The number of nitrogens with one attached hydrogen (secondary N) is 1. The van der Waals surface area contributed by atoms with Crippen LogP contribution in [0.1, 0.15) is 23.7 Å². The minimum absolute atomic E-state index is 0.0329. The predicted molar refractivity (Wildman–Crippen MR) is 92.5 cm³/mol. The molecule has 0 atom stereocenters. The summed E-state index contributed by atoms with van der Waals surface area (Å²) in [6.07, 6.45) is 0.364. The van der Waals surface area contributed by atoms with Crippen LogP contribution < -0.4 is 10.1 Å². The molecule has 0 unspecified atom stereocenters. The van der Waals surface area contributed by atoms with Gasteiger partial charge in [0.25, 0.3) is 5.91 Å². The van der Waals surface area contributed by atoms with E-state index in [-0.39, 0.29) is 5.78 Å². The number of carbonyl (C=O) groups excluding carboxylic acids is 3. The topological polar surface area (TPSA) is 81.7 Å². The summed E-state index contributed by atoms with van der Waals surface area (Å²) in [5.41, 5.74) is -0.0727. The highest BCUT2D eigenvalue weighted by molar-refractivity contribution is 5.96. The van der Waals surface area contributed by atoms with Crippen LogP contribution in [0, 0.1) is 17.5 Å². The Morgan fingerprint density at radius 1 is 0.929 bits per heavy atom. The number of halogens is 3. The molecule has 1 N–H and O–H groups in total. The number of Topliss-reactive ketones (excluding diaryl/α,β-unsaturated/α-hetero) is 1. The van der Waals surface area contributed by atoms with Crippen LogP contribution in [-0.4, -0.2) is 30.9 Å². The quantitative estimate of drug-likeness (QED) is 0.422. The van der Waals surface area contributed by atoms with Crippen molar-refractivity contribution >= 4 is 23.3 Å². The Morgan fingerprint density at radius 2 is 1.61 bits per heavy atom. The standard InChI is InChI=1S/C19H16F3NO5/c1-2-15(24)11-3-5-12(6-4-11)27-10-17(26)28-9-16(25)23-14-8-7-13(20)18(21)19(14)22/h3-8H,2,9-10H2,1H3,(H,23,25). The van der Waals surface area contributed by atoms with Gasteiger partial charge in [-0.05, 0) is 36.4 Å². The monoisotopic (exact) mass is 395 g/mol. The second-order valence-corrected chi connectivity index (χ2v) is 5.52. The third-order valence-corrected chi connectivity index (χ3v) is 3.53. The second kappa shape index (κ2) is 9.54. The zero-order valence-corrected chi connectivity index (χ0v) is 14.8. The normalized spacial score (nSPS) is 10.3. The van der Waals surface area contributed by atoms with Gasteiger partial charge in [-0.2, -0.15) is 0 Å². The fraction of sp³-hybridized carbons (Fsp3) is 0.211. The van der Waals surface area contributed by atoms with Gasteiger partial charge in [0.15, 0.2) is 36.4 Å². The third kappa shape index (κ3) is 5.57. The first-order valence-electron chi connectivity index (χ1n) is 8.16. The summed E-state index contributed by atoms with van der Waals surface area (Å²) >= 11 is 0. The average molecular weight is 395 g/mol. The highest BCUT2D eigenvalue weighted by atomic mass is 19.2. The lowest BCUT2D eigenvalue weighted by molar-refractivity contribution is -0.149. The van der Waals surface area contributed by atoms with Crippen LogP contribution in [0.25, 0.3) is 0 Å². The Kier molecular flexibility index (Phi) is 7.14. The molecule has 6 nitrogen and oxygen atoms in total. The molecule has 0 spiro atoms. The van der Waals surface area contributed by atoms with Crippen LogP contribution in [0.5, 0.6) is 5.75 Å². The lowest BCUT2D eigenvalue weighted by Gasteiger charge is -2.09. The van der Waals surface area contributed by atoms with Crippen molar-refractivity contribution in [2.75, 3.05) is 18.5 Å². The summed E-state index contributed by atoms with van der Waals surface area (Å²) < 4.78 is 49.2. The molecule has 0 heterocycles. The van der Waals surface area contributed by atoms with Crippen molar-refractivity contribution in [3.05, 3.63) is 59.4 Å². The molecular formula is C19H16F3NO5.